The van der Waals surface area contributed by atoms with Crippen LogP contribution in [0.2, 0.25) is 0 Å². The number of nitrogens with zero attached hydrogens (tertiary/aromatic N) is 4. The Bertz CT molecular complexity index is 1410. The summed E-state index contributed by atoms with van der Waals surface area (Å²) in [6.45, 7) is 2.95. The van der Waals surface area contributed by atoms with Crippen LogP contribution in [0.5, 0.6) is 0 Å². The van der Waals surface area contributed by atoms with Crippen molar-refractivity contribution in [2.24, 2.45) is 0 Å². The van der Waals surface area contributed by atoms with Crippen LogP contribution in [0.15, 0.2) is 74.7 Å². The van der Waals surface area contributed by atoms with Gasteiger partial charge in [-0.25, -0.2) is 9.50 Å². The number of amides is 1. The molecule has 1 atom stereocenters. The highest BCUT2D eigenvalue weighted by molar-refractivity contribution is 5.91. The molecule has 1 fully saturated rings. The molecule has 168 valence electrons. The first-order valence-corrected chi connectivity index (χ1v) is 10.9. The number of imidazole rings is 1. The van der Waals surface area contributed by atoms with Crippen LogP contribution in [-0.2, 0) is 0 Å². The minimum absolute atomic E-state index is 0.0214. The molecule has 0 unspecified atom stereocenters. The molecule has 1 aliphatic rings. The Morgan fingerprint density at radius 1 is 1.21 bits per heavy atom. The minimum atomic E-state index is -0.178. The van der Waals surface area contributed by atoms with Crippen molar-refractivity contribution < 1.29 is 13.7 Å². The second kappa shape index (κ2) is 8.78. The maximum Gasteiger partial charge on any atom is 0.292 e. The number of carbonyl (C=O) groups is 1. The summed E-state index contributed by atoms with van der Waals surface area (Å²) in [6, 6.07) is 14.8. The molecule has 6 rings (SSSR count). The molecular weight excluding hydrogens is 422 g/mol. The van der Waals surface area contributed by atoms with Crippen molar-refractivity contribution in [1.29, 1.82) is 0 Å². The Morgan fingerprint density at radius 2 is 2.09 bits per heavy atom. The molecule has 1 aromatic carbocycles. The van der Waals surface area contributed by atoms with E-state index in [9.17, 15) is 9.59 Å². The summed E-state index contributed by atoms with van der Waals surface area (Å²) in [7, 11) is 0. The molecule has 5 aromatic rings. The summed E-state index contributed by atoms with van der Waals surface area (Å²) in [4.78, 5) is 29.4. The van der Waals surface area contributed by atoms with Crippen molar-refractivity contribution in [3.05, 3.63) is 77.0 Å². The zero-order chi connectivity index (χ0) is 22.8. The number of nitrogens with one attached hydrogen (secondary N) is 1. The maximum absolute atomic E-state index is 11.9. The lowest BCUT2D eigenvalue weighted by Crippen LogP contribution is -2.34. The maximum atomic E-state index is 11.9. The Hall–Kier alpha value is -4.14. The number of carbonyl (C=O) groups excluding carboxylic acids is 1. The number of hydrogen-bond acceptors (Lipinski definition) is 6. The van der Waals surface area contributed by atoms with Crippen molar-refractivity contribution in [3.63, 3.8) is 0 Å². The predicted octanol–water partition coefficient (Wildman–Crippen LogP) is 4.13. The third-order valence-electron chi connectivity index (χ3n) is 5.83. The van der Waals surface area contributed by atoms with Gasteiger partial charge in [-0.3, -0.25) is 14.7 Å². The summed E-state index contributed by atoms with van der Waals surface area (Å²) < 4.78 is 12.3. The van der Waals surface area contributed by atoms with E-state index < -0.39 is 0 Å². The molecule has 0 saturated carbocycles. The van der Waals surface area contributed by atoms with E-state index in [-0.39, 0.29) is 11.5 Å². The zero-order valence-electron chi connectivity index (χ0n) is 18.1. The number of fused-ring (bicyclic) bond motifs is 2. The number of rotatable bonds is 3. The molecule has 9 nitrogen and oxygen atoms in total. The number of hydrogen-bond donors (Lipinski definition) is 1. The van der Waals surface area contributed by atoms with Gasteiger partial charge < -0.3 is 13.8 Å². The van der Waals surface area contributed by atoms with Gasteiger partial charge in [-0.1, -0.05) is 30.3 Å². The van der Waals surface area contributed by atoms with Crippen LogP contribution in [0.25, 0.3) is 28.1 Å². The quantitative estimate of drug-likeness (QED) is 0.447. The van der Waals surface area contributed by atoms with E-state index in [2.05, 4.69) is 22.2 Å². The SMILES string of the molecule is CC[C@@H]1CCCN1C(=O)c1ccno1.O=c1ccc2ncc(-c3cc4ccccc4o3)n2[nH]1. The van der Waals surface area contributed by atoms with Gasteiger partial charge in [-0.2, -0.15) is 0 Å². The summed E-state index contributed by atoms with van der Waals surface area (Å²) in [5, 5.41) is 7.28. The summed E-state index contributed by atoms with van der Waals surface area (Å²) in [5.74, 6) is 1.01. The van der Waals surface area contributed by atoms with Gasteiger partial charge in [-0.15, -0.1) is 0 Å². The number of H-pyrrole nitrogens is 1. The van der Waals surface area contributed by atoms with Crippen molar-refractivity contribution in [2.75, 3.05) is 6.54 Å². The first-order chi connectivity index (χ1) is 16.1. The van der Waals surface area contributed by atoms with Crippen molar-refractivity contribution in [2.45, 2.75) is 32.2 Å². The number of benzene rings is 1. The van der Waals surface area contributed by atoms with E-state index in [1.807, 2.05) is 35.2 Å². The third-order valence-corrected chi connectivity index (χ3v) is 5.83. The highest BCUT2D eigenvalue weighted by Gasteiger charge is 2.29. The fourth-order valence-electron chi connectivity index (χ4n) is 4.18. The van der Waals surface area contributed by atoms with Crippen molar-refractivity contribution in [1.82, 2.24) is 24.7 Å². The van der Waals surface area contributed by atoms with Gasteiger partial charge in [0.05, 0.1) is 12.4 Å². The van der Waals surface area contributed by atoms with Crippen LogP contribution >= 0.6 is 0 Å². The zero-order valence-corrected chi connectivity index (χ0v) is 18.1. The number of furan rings is 1. The lowest BCUT2D eigenvalue weighted by Gasteiger charge is -2.21. The molecular formula is C24H23N5O4. The summed E-state index contributed by atoms with van der Waals surface area (Å²) in [6.07, 6.45) is 6.40. The molecule has 5 heterocycles. The fraction of sp³-hybridized carbons (Fsp3) is 0.250. The number of para-hydroxylation sites is 1. The monoisotopic (exact) mass is 445 g/mol. The average molecular weight is 445 g/mol. The van der Waals surface area contributed by atoms with E-state index in [1.54, 1.807) is 22.8 Å². The minimum Gasteiger partial charge on any atom is -0.454 e. The molecule has 9 heteroatoms. The van der Waals surface area contributed by atoms with Gasteiger partial charge in [-0.05, 0) is 37.5 Å². The second-order valence-corrected chi connectivity index (χ2v) is 7.87. The molecule has 0 aliphatic carbocycles. The van der Waals surface area contributed by atoms with Crippen LogP contribution in [0.1, 0.15) is 36.7 Å². The molecule has 1 saturated heterocycles. The highest BCUT2D eigenvalue weighted by atomic mass is 16.5. The Kier molecular flexibility index (Phi) is 5.52. The van der Waals surface area contributed by atoms with Crippen LogP contribution in [0, 0.1) is 0 Å². The van der Waals surface area contributed by atoms with Crippen molar-refractivity contribution >= 4 is 22.5 Å². The van der Waals surface area contributed by atoms with E-state index in [4.69, 9.17) is 8.94 Å². The molecule has 0 bridgehead atoms. The molecule has 1 amide bonds. The Balaban J connectivity index is 0.000000146. The molecule has 0 spiro atoms. The molecule has 33 heavy (non-hydrogen) atoms. The van der Waals surface area contributed by atoms with E-state index in [0.29, 0.717) is 23.2 Å². The largest absolute Gasteiger partial charge is 0.454 e. The third kappa shape index (κ3) is 4.05. The van der Waals surface area contributed by atoms with E-state index in [1.165, 1.54) is 12.3 Å². The lowest BCUT2D eigenvalue weighted by atomic mass is 10.1. The molecule has 0 radical (unpaired) electrons. The van der Waals surface area contributed by atoms with Crippen LogP contribution in [-0.4, -0.2) is 43.1 Å². The number of aromatic nitrogens is 4. The average Bonchev–Trinajstić information content (AvgIpc) is 3.63. The van der Waals surface area contributed by atoms with E-state index >= 15 is 0 Å². The van der Waals surface area contributed by atoms with E-state index in [0.717, 1.165) is 42.5 Å². The van der Waals surface area contributed by atoms with Gasteiger partial charge in [0.15, 0.2) is 11.4 Å². The summed E-state index contributed by atoms with van der Waals surface area (Å²) >= 11 is 0. The first kappa shape index (κ1) is 20.7. The van der Waals surface area contributed by atoms with Gasteiger partial charge in [0.25, 0.3) is 11.5 Å². The first-order valence-electron chi connectivity index (χ1n) is 10.9. The van der Waals surface area contributed by atoms with Crippen LogP contribution in [0.3, 0.4) is 0 Å². The normalized spacial score (nSPS) is 15.7. The molecule has 1 N–H and O–H groups in total. The van der Waals surface area contributed by atoms with Gasteiger partial charge in [0, 0.05) is 30.1 Å². The smallest absolute Gasteiger partial charge is 0.292 e. The Labute approximate surface area is 188 Å². The number of likely N-dealkylation sites (tertiary alicyclic amines) is 1. The van der Waals surface area contributed by atoms with Crippen LogP contribution in [0.4, 0.5) is 0 Å². The lowest BCUT2D eigenvalue weighted by molar-refractivity contribution is 0.0691. The van der Waals surface area contributed by atoms with Crippen molar-refractivity contribution in [3.8, 4) is 11.5 Å². The number of aromatic amines is 1. The highest BCUT2D eigenvalue weighted by Crippen LogP contribution is 2.27. The second-order valence-electron chi connectivity index (χ2n) is 7.87. The predicted molar refractivity (Wildman–Crippen MR) is 122 cm³/mol. The van der Waals surface area contributed by atoms with Gasteiger partial charge in [0.2, 0.25) is 5.76 Å². The van der Waals surface area contributed by atoms with Gasteiger partial charge >= 0.3 is 0 Å². The van der Waals surface area contributed by atoms with Gasteiger partial charge in [0.1, 0.15) is 11.3 Å². The molecule has 4 aromatic heterocycles. The standard InChI is InChI=1S/C14H9N3O2.C10H14N2O2/c18-14-6-5-13-15-8-10(17(13)16-14)12-7-9-3-1-2-4-11(9)19-12;1-2-8-4-3-7-12(8)10(13)9-5-6-11-14-9/h1-8H,(H,16,18);5-6,8H,2-4,7H2,1H3/t;8-/m.1/s1. The topological polar surface area (TPSA) is 110 Å². The Morgan fingerprint density at radius 3 is 2.88 bits per heavy atom. The molecule has 1 aliphatic heterocycles. The van der Waals surface area contributed by atoms with Crippen LogP contribution < -0.4 is 5.56 Å². The fourth-order valence-corrected chi connectivity index (χ4v) is 4.18. The summed E-state index contributed by atoms with van der Waals surface area (Å²) in [5.41, 5.74) is 2.03.